The van der Waals surface area contributed by atoms with Gasteiger partial charge in [0, 0.05) is 23.3 Å². The summed E-state index contributed by atoms with van der Waals surface area (Å²) in [6.07, 6.45) is 1.37. The number of nitro benzene ring substituents is 1. The molecule has 0 aliphatic heterocycles. The number of nitrogens with one attached hydrogen (secondary N) is 1. The number of ether oxygens (including phenoxy) is 2. The van der Waals surface area contributed by atoms with E-state index in [0.29, 0.717) is 16.9 Å². The molecule has 3 aromatic carbocycles. The standard InChI is InChI=1S/C22H17F2N3O5/c1-31-20-9-2-14(12-25-26-22(28)15-3-5-17(23)6-4-15)10-16(20)13-32-21-11-18(24)7-8-19(21)27(29)30/h2-12H,13H2,1H3,(H,26,28). The van der Waals surface area contributed by atoms with E-state index in [2.05, 4.69) is 10.5 Å². The normalized spacial score (nSPS) is 10.7. The van der Waals surface area contributed by atoms with Crippen LogP contribution in [0.5, 0.6) is 11.5 Å². The van der Waals surface area contributed by atoms with Gasteiger partial charge in [-0.25, -0.2) is 14.2 Å². The number of hydrogen-bond donors (Lipinski definition) is 1. The molecule has 32 heavy (non-hydrogen) atoms. The van der Waals surface area contributed by atoms with Gasteiger partial charge in [-0.1, -0.05) is 0 Å². The van der Waals surface area contributed by atoms with Crippen LogP contribution >= 0.6 is 0 Å². The second-order valence-electron chi connectivity index (χ2n) is 6.44. The van der Waals surface area contributed by atoms with Crippen LogP contribution in [-0.4, -0.2) is 24.2 Å². The molecule has 164 valence electrons. The molecule has 1 amide bonds. The van der Waals surface area contributed by atoms with Gasteiger partial charge in [-0.15, -0.1) is 0 Å². The van der Waals surface area contributed by atoms with Crippen molar-refractivity contribution in [3.8, 4) is 11.5 Å². The first-order valence-electron chi connectivity index (χ1n) is 9.20. The van der Waals surface area contributed by atoms with Crippen LogP contribution in [0.15, 0.2) is 65.8 Å². The number of nitrogens with zero attached hydrogens (tertiary/aromatic N) is 2. The first-order valence-corrected chi connectivity index (χ1v) is 9.20. The fourth-order valence-corrected chi connectivity index (χ4v) is 2.73. The number of benzene rings is 3. The van der Waals surface area contributed by atoms with Crippen LogP contribution in [0.1, 0.15) is 21.5 Å². The van der Waals surface area contributed by atoms with Gasteiger partial charge in [0.1, 0.15) is 24.0 Å². The molecule has 0 spiro atoms. The summed E-state index contributed by atoms with van der Waals surface area (Å²) in [7, 11) is 1.44. The molecule has 0 radical (unpaired) electrons. The molecular weight excluding hydrogens is 424 g/mol. The Bertz CT molecular complexity index is 1170. The van der Waals surface area contributed by atoms with Crippen LogP contribution in [0.2, 0.25) is 0 Å². The maximum Gasteiger partial charge on any atom is 0.311 e. The molecule has 0 saturated heterocycles. The van der Waals surface area contributed by atoms with Crippen LogP contribution in [0.25, 0.3) is 0 Å². The summed E-state index contributed by atoms with van der Waals surface area (Å²) in [5.41, 5.74) is 3.28. The van der Waals surface area contributed by atoms with E-state index in [-0.39, 0.29) is 23.6 Å². The highest BCUT2D eigenvalue weighted by Gasteiger charge is 2.17. The lowest BCUT2D eigenvalue weighted by atomic mass is 10.1. The number of halogens is 2. The topological polar surface area (TPSA) is 103 Å². The molecule has 1 N–H and O–H groups in total. The summed E-state index contributed by atoms with van der Waals surface area (Å²) >= 11 is 0. The zero-order valence-electron chi connectivity index (χ0n) is 16.7. The number of hydrazone groups is 1. The Morgan fingerprint density at radius 3 is 2.47 bits per heavy atom. The summed E-state index contributed by atoms with van der Waals surface area (Å²) in [5, 5.41) is 15.0. The van der Waals surface area contributed by atoms with Crippen molar-refractivity contribution >= 4 is 17.8 Å². The van der Waals surface area contributed by atoms with Gasteiger partial charge in [0.15, 0.2) is 5.75 Å². The lowest BCUT2D eigenvalue weighted by molar-refractivity contribution is -0.386. The van der Waals surface area contributed by atoms with E-state index in [9.17, 15) is 23.7 Å². The molecular formula is C22H17F2N3O5. The summed E-state index contributed by atoms with van der Waals surface area (Å²) in [5.74, 6) is -1.42. The molecule has 8 nitrogen and oxygen atoms in total. The number of methoxy groups -OCH3 is 1. The summed E-state index contributed by atoms with van der Waals surface area (Å²) in [6, 6.07) is 12.8. The Balaban J connectivity index is 1.72. The van der Waals surface area contributed by atoms with Gasteiger partial charge in [-0.05, 0) is 54.1 Å². The second-order valence-corrected chi connectivity index (χ2v) is 6.44. The predicted molar refractivity (Wildman–Crippen MR) is 112 cm³/mol. The molecule has 0 atom stereocenters. The molecule has 3 rings (SSSR count). The predicted octanol–water partition coefficient (Wildman–Crippen LogP) is 4.22. The minimum atomic E-state index is -0.671. The minimum absolute atomic E-state index is 0.142. The largest absolute Gasteiger partial charge is 0.496 e. The molecule has 0 aliphatic carbocycles. The van der Waals surface area contributed by atoms with Crippen molar-refractivity contribution in [1.82, 2.24) is 5.43 Å². The molecule has 0 unspecified atom stereocenters. The van der Waals surface area contributed by atoms with Crippen molar-refractivity contribution in [1.29, 1.82) is 0 Å². The number of carbonyl (C=O) groups excluding carboxylic acids is 1. The third-order valence-corrected chi connectivity index (χ3v) is 4.29. The van der Waals surface area contributed by atoms with Gasteiger partial charge >= 0.3 is 5.69 Å². The van der Waals surface area contributed by atoms with E-state index >= 15 is 0 Å². The van der Waals surface area contributed by atoms with E-state index in [4.69, 9.17) is 9.47 Å². The average molecular weight is 441 g/mol. The number of carbonyl (C=O) groups is 1. The molecule has 0 bridgehead atoms. The second kappa shape index (κ2) is 10.1. The van der Waals surface area contributed by atoms with Crippen molar-refractivity contribution in [2.24, 2.45) is 5.10 Å². The third kappa shape index (κ3) is 5.63. The van der Waals surface area contributed by atoms with Crippen molar-refractivity contribution < 1.29 is 28.0 Å². The number of nitro groups is 1. The first-order chi connectivity index (χ1) is 15.4. The monoisotopic (exact) mass is 441 g/mol. The molecule has 3 aromatic rings. The Labute approximate surface area is 181 Å². The molecule has 0 fully saturated rings. The van der Waals surface area contributed by atoms with Gasteiger partial charge in [0.05, 0.1) is 18.2 Å². The SMILES string of the molecule is COc1ccc(C=NNC(=O)c2ccc(F)cc2)cc1COc1cc(F)ccc1[N+](=O)[O-]. The van der Waals surface area contributed by atoms with Gasteiger partial charge in [0.2, 0.25) is 0 Å². The highest BCUT2D eigenvalue weighted by molar-refractivity contribution is 5.94. The zero-order chi connectivity index (χ0) is 23.1. The van der Waals surface area contributed by atoms with Crippen LogP contribution in [0.4, 0.5) is 14.5 Å². The van der Waals surface area contributed by atoms with Crippen molar-refractivity contribution in [2.45, 2.75) is 6.61 Å². The smallest absolute Gasteiger partial charge is 0.311 e. The zero-order valence-corrected chi connectivity index (χ0v) is 16.7. The van der Waals surface area contributed by atoms with Gasteiger partial charge < -0.3 is 9.47 Å². The quantitative estimate of drug-likeness (QED) is 0.320. The number of hydrogen-bond acceptors (Lipinski definition) is 6. The summed E-state index contributed by atoms with van der Waals surface area (Å²) in [6.45, 7) is -0.142. The number of amides is 1. The lowest BCUT2D eigenvalue weighted by Crippen LogP contribution is -2.17. The maximum atomic E-state index is 13.5. The van der Waals surface area contributed by atoms with Gasteiger partial charge in [-0.3, -0.25) is 14.9 Å². The molecule has 10 heteroatoms. The van der Waals surface area contributed by atoms with E-state index in [1.54, 1.807) is 18.2 Å². The van der Waals surface area contributed by atoms with Gasteiger partial charge in [-0.2, -0.15) is 5.10 Å². The highest BCUT2D eigenvalue weighted by atomic mass is 19.1. The van der Waals surface area contributed by atoms with E-state index < -0.39 is 22.5 Å². The van der Waals surface area contributed by atoms with Crippen molar-refractivity contribution in [2.75, 3.05) is 7.11 Å². The maximum absolute atomic E-state index is 13.5. The fourth-order valence-electron chi connectivity index (χ4n) is 2.73. The summed E-state index contributed by atoms with van der Waals surface area (Å²) in [4.78, 5) is 22.5. The summed E-state index contributed by atoms with van der Waals surface area (Å²) < 4.78 is 37.2. The molecule has 0 aliphatic rings. The number of rotatable bonds is 8. The van der Waals surface area contributed by atoms with Crippen LogP contribution in [0, 0.1) is 21.7 Å². The first kappa shape index (κ1) is 22.3. The Morgan fingerprint density at radius 2 is 1.78 bits per heavy atom. The Kier molecular flexibility index (Phi) is 7.06. The molecule has 0 heterocycles. The van der Waals surface area contributed by atoms with Crippen molar-refractivity contribution in [3.63, 3.8) is 0 Å². The molecule has 0 aromatic heterocycles. The molecule has 0 saturated carbocycles. The Hall–Kier alpha value is -4.34. The van der Waals surface area contributed by atoms with Crippen molar-refractivity contribution in [3.05, 3.63) is 99.1 Å². The van der Waals surface area contributed by atoms with Gasteiger partial charge in [0.25, 0.3) is 5.91 Å². The lowest BCUT2D eigenvalue weighted by Gasteiger charge is -2.11. The van der Waals surface area contributed by atoms with E-state index in [1.165, 1.54) is 25.5 Å². The van der Waals surface area contributed by atoms with Crippen LogP contribution in [0.3, 0.4) is 0 Å². The minimum Gasteiger partial charge on any atom is -0.496 e. The average Bonchev–Trinajstić information content (AvgIpc) is 2.78. The van der Waals surface area contributed by atoms with E-state index in [1.807, 2.05) is 0 Å². The van der Waals surface area contributed by atoms with Crippen LogP contribution < -0.4 is 14.9 Å². The highest BCUT2D eigenvalue weighted by Crippen LogP contribution is 2.29. The third-order valence-electron chi connectivity index (χ3n) is 4.29. The Morgan fingerprint density at radius 1 is 1.06 bits per heavy atom. The fraction of sp³-hybridized carbons (Fsp3) is 0.0909. The van der Waals surface area contributed by atoms with E-state index in [0.717, 1.165) is 30.3 Å². The van der Waals surface area contributed by atoms with Crippen LogP contribution in [-0.2, 0) is 6.61 Å².